The average molecular weight is 338 g/mol. The van der Waals surface area contributed by atoms with Crippen LogP contribution in [0.5, 0.6) is 0 Å². The quantitative estimate of drug-likeness (QED) is 0.808. The van der Waals surface area contributed by atoms with E-state index in [0.717, 1.165) is 32.4 Å². The van der Waals surface area contributed by atoms with Gasteiger partial charge in [0.1, 0.15) is 0 Å². The Morgan fingerprint density at radius 3 is 2.64 bits per heavy atom. The molecule has 25 heavy (non-hydrogen) atoms. The molecule has 0 aromatic carbocycles. The first-order chi connectivity index (χ1) is 12.2. The minimum atomic E-state index is 0.347. The number of piperidine rings is 1. The number of pyridine rings is 2. The van der Waals surface area contributed by atoms with Crippen LogP contribution >= 0.6 is 0 Å². The van der Waals surface area contributed by atoms with Crippen molar-refractivity contribution in [3.05, 3.63) is 59.7 Å². The van der Waals surface area contributed by atoms with E-state index in [9.17, 15) is 0 Å². The summed E-state index contributed by atoms with van der Waals surface area (Å²) < 4.78 is 0. The highest BCUT2D eigenvalue weighted by Crippen LogP contribution is 2.44. The van der Waals surface area contributed by atoms with Crippen LogP contribution in [0.15, 0.2) is 42.7 Å². The summed E-state index contributed by atoms with van der Waals surface area (Å²) in [4.78, 5) is 12.1. The Hall–Kier alpha value is -1.78. The number of nitrogens with two attached hydrogens (primary N) is 1. The van der Waals surface area contributed by atoms with Crippen molar-refractivity contribution in [3.8, 4) is 0 Å². The lowest BCUT2D eigenvalue weighted by atomic mass is 9.82. The number of nitrogens with zero attached hydrogens (tertiary/aromatic N) is 3. The molecule has 2 N–H and O–H groups in total. The fourth-order valence-corrected chi connectivity index (χ4v) is 4.12. The molecule has 4 heteroatoms. The number of unbranched alkanes of at least 4 members (excludes halogenated alkanes) is 1. The van der Waals surface area contributed by atoms with Crippen molar-refractivity contribution in [2.75, 3.05) is 13.1 Å². The molecule has 0 bridgehead atoms. The molecule has 0 radical (unpaired) electrons. The van der Waals surface area contributed by atoms with E-state index in [1.165, 1.54) is 23.4 Å². The van der Waals surface area contributed by atoms with E-state index in [0.29, 0.717) is 18.0 Å². The molecule has 1 fully saturated rings. The lowest BCUT2D eigenvalue weighted by Crippen LogP contribution is -2.42. The Labute approximate surface area is 151 Å². The summed E-state index contributed by atoms with van der Waals surface area (Å²) in [7, 11) is 0. The molecule has 4 nitrogen and oxygen atoms in total. The summed E-state index contributed by atoms with van der Waals surface area (Å²) >= 11 is 0. The monoisotopic (exact) mass is 338 g/mol. The maximum absolute atomic E-state index is 5.74. The molecule has 3 unspecified atom stereocenters. The predicted octanol–water partition coefficient (Wildman–Crippen LogP) is 4.04. The van der Waals surface area contributed by atoms with Crippen LogP contribution in [0.25, 0.3) is 0 Å². The molecule has 3 heterocycles. The van der Waals surface area contributed by atoms with Crippen LogP contribution in [0, 0.1) is 12.8 Å². The summed E-state index contributed by atoms with van der Waals surface area (Å²) in [6.45, 7) is 6.34. The maximum Gasteiger partial charge on any atom is 0.0607 e. The number of aromatic nitrogens is 2. The molecule has 0 amide bonds. The second kappa shape index (κ2) is 8.54. The van der Waals surface area contributed by atoms with Crippen molar-refractivity contribution < 1.29 is 0 Å². The minimum absolute atomic E-state index is 0.347. The molecule has 3 rings (SSSR count). The molecule has 0 spiro atoms. The Bertz CT molecular complexity index is 658. The Morgan fingerprint density at radius 1 is 1.08 bits per heavy atom. The topological polar surface area (TPSA) is 55.0 Å². The van der Waals surface area contributed by atoms with Gasteiger partial charge in [-0.3, -0.25) is 14.9 Å². The molecule has 0 saturated carbocycles. The van der Waals surface area contributed by atoms with Gasteiger partial charge in [0.2, 0.25) is 0 Å². The van der Waals surface area contributed by atoms with Crippen molar-refractivity contribution in [3.63, 3.8) is 0 Å². The van der Waals surface area contributed by atoms with Gasteiger partial charge in [-0.2, -0.15) is 0 Å². The molecule has 1 saturated heterocycles. The second-order valence-corrected chi connectivity index (χ2v) is 7.21. The zero-order valence-electron chi connectivity index (χ0n) is 15.4. The van der Waals surface area contributed by atoms with Crippen LogP contribution in [0.1, 0.15) is 61.6 Å². The summed E-state index contributed by atoms with van der Waals surface area (Å²) in [6.07, 6.45) is 8.38. The molecular weight excluding hydrogens is 308 g/mol. The molecule has 2 aromatic heterocycles. The van der Waals surface area contributed by atoms with E-state index in [-0.39, 0.29) is 0 Å². The third kappa shape index (κ3) is 4.07. The molecule has 134 valence electrons. The van der Waals surface area contributed by atoms with E-state index < -0.39 is 0 Å². The average Bonchev–Trinajstić information content (AvgIpc) is 2.64. The highest BCUT2D eigenvalue weighted by Gasteiger charge is 2.38. The van der Waals surface area contributed by atoms with Gasteiger partial charge in [-0.25, -0.2) is 0 Å². The van der Waals surface area contributed by atoms with E-state index in [4.69, 9.17) is 10.7 Å². The zero-order chi connectivity index (χ0) is 17.6. The van der Waals surface area contributed by atoms with Crippen LogP contribution < -0.4 is 5.73 Å². The van der Waals surface area contributed by atoms with Crippen molar-refractivity contribution in [2.45, 2.75) is 51.6 Å². The van der Waals surface area contributed by atoms with Gasteiger partial charge in [-0.05, 0) is 75.4 Å². The fraction of sp³-hybridized carbons (Fsp3) is 0.524. The zero-order valence-corrected chi connectivity index (χ0v) is 15.4. The number of hydrogen-bond acceptors (Lipinski definition) is 4. The summed E-state index contributed by atoms with van der Waals surface area (Å²) in [5.74, 6) is 0.589. The third-order valence-electron chi connectivity index (χ3n) is 5.42. The third-order valence-corrected chi connectivity index (χ3v) is 5.42. The highest BCUT2D eigenvalue weighted by atomic mass is 15.2. The van der Waals surface area contributed by atoms with Crippen molar-refractivity contribution in [1.82, 2.24) is 14.9 Å². The number of likely N-dealkylation sites (tertiary alicyclic amines) is 1. The largest absolute Gasteiger partial charge is 0.330 e. The van der Waals surface area contributed by atoms with Crippen molar-refractivity contribution >= 4 is 0 Å². The van der Waals surface area contributed by atoms with Gasteiger partial charge in [0.05, 0.1) is 23.5 Å². The summed E-state index contributed by atoms with van der Waals surface area (Å²) in [5.41, 5.74) is 9.43. The highest BCUT2D eigenvalue weighted by molar-refractivity contribution is 5.24. The minimum Gasteiger partial charge on any atom is -0.330 e. The van der Waals surface area contributed by atoms with Crippen molar-refractivity contribution in [2.24, 2.45) is 11.7 Å². The van der Waals surface area contributed by atoms with Gasteiger partial charge in [0, 0.05) is 12.4 Å². The van der Waals surface area contributed by atoms with Gasteiger partial charge in [-0.1, -0.05) is 19.1 Å². The van der Waals surface area contributed by atoms with Crippen LogP contribution in [0.3, 0.4) is 0 Å². The molecule has 1 aliphatic heterocycles. The molecule has 0 aliphatic carbocycles. The van der Waals surface area contributed by atoms with Crippen molar-refractivity contribution in [1.29, 1.82) is 0 Å². The van der Waals surface area contributed by atoms with Crippen LogP contribution in [0.4, 0.5) is 0 Å². The first-order valence-corrected chi connectivity index (χ1v) is 9.50. The molecule has 2 aromatic rings. The van der Waals surface area contributed by atoms with E-state index in [1.807, 2.05) is 24.5 Å². The van der Waals surface area contributed by atoms with E-state index >= 15 is 0 Å². The van der Waals surface area contributed by atoms with Gasteiger partial charge < -0.3 is 5.73 Å². The SMILES string of the molecule is Cc1cccnc1C1C(C)CCC(c2ccccn2)N1CCCCN. The van der Waals surface area contributed by atoms with E-state index in [2.05, 4.69) is 41.9 Å². The number of hydrogen-bond donors (Lipinski definition) is 1. The van der Waals surface area contributed by atoms with Gasteiger partial charge in [0.15, 0.2) is 0 Å². The standard InChI is InChI=1S/C21H30N4/c1-16-8-7-14-24-20(16)21-17(2)10-11-19(18-9-3-5-13-23-18)25(21)15-6-4-12-22/h3,5,7-9,13-14,17,19,21H,4,6,10-12,15,22H2,1-2H3. The first-order valence-electron chi connectivity index (χ1n) is 9.50. The molecule has 3 atom stereocenters. The smallest absolute Gasteiger partial charge is 0.0607 e. The normalized spacial score (nSPS) is 24.4. The molecular formula is C21H30N4. The summed E-state index contributed by atoms with van der Waals surface area (Å²) in [6, 6.07) is 11.2. The predicted molar refractivity (Wildman–Crippen MR) is 102 cm³/mol. The molecule has 1 aliphatic rings. The Balaban J connectivity index is 1.95. The lowest BCUT2D eigenvalue weighted by molar-refractivity contribution is 0.0372. The van der Waals surface area contributed by atoms with Crippen LogP contribution in [0.2, 0.25) is 0 Å². The van der Waals surface area contributed by atoms with Gasteiger partial charge in [0.25, 0.3) is 0 Å². The van der Waals surface area contributed by atoms with E-state index in [1.54, 1.807) is 0 Å². The Kier molecular flexibility index (Phi) is 6.16. The fourth-order valence-electron chi connectivity index (χ4n) is 4.12. The van der Waals surface area contributed by atoms with Gasteiger partial charge >= 0.3 is 0 Å². The number of rotatable bonds is 6. The van der Waals surface area contributed by atoms with Gasteiger partial charge in [-0.15, -0.1) is 0 Å². The Morgan fingerprint density at radius 2 is 1.92 bits per heavy atom. The second-order valence-electron chi connectivity index (χ2n) is 7.21. The number of aryl methyl sites for hydroxylation is 1. The maximum atomic E-state index is 5.74. The van der Waals surface area contributed by atoms with Crippen LogP contribution in [-0.2, 0) is 0 Å². The summed E-state index contributed by atoms with van der Waals surface area (Å²) in [5, 5.41) is 0. The first kappa shape index (κ1) is 18.0. The lowest BCUT2D eigenvalue weighted by Gasteiger charge is -2.45. The van der Waals surface area contributed by atoms with Crippen LogP contribution in [-0.4, -0.2) is 28.0 Å².